The number of sulfonamides is 1. The predicted octanol–water partition coefficient (Wildman–Crippen LogP) is 1.51. The molecular weight excluding hydrogens is 316 g/mol. The van der Waals surface area contributed by atoms with Crippen molar-refractivity contribution in [2.75, 3.05) is 26.9 Å². The second-order valence-corrected chi connectivity index (χ2v) is 7.53. The van der Waals surface area contributed by atoms with E-state index >= 15 is 0 Å². The summed E-state index contributed by atoms with van der Waals surface area (Å²) in [5.74, 6) is 0.841. The highest BCUT2D eigenvalue weighted by Crippen LogP contribution is 2.25. The first kappa shape index (κ1) is 18.2. The average molecular weight is 342 g/mol. The molecule has 0 radical (unpaired) electrons. The Hall–Kier alpha value is -1.15. The van der Waals surface area contributed by atoms with Crippen molar-refractivity contribution in [1.82, 2.24) is 4.72 Å². The minimum Gasteiger partial charge on any atom is -0.491 e. The van der Waals surface area contributed by atoms with Crippen LogP contribution in [0.25, 0.3) is 0 Å². The molecule has 2 rings (SSSR count). The molecule has 2 unspecified atom stereocenters. The lowest BCUT2D eigenvalue weighted by molar-refractivity contribution is 0.146. The van der Waals surface area contributed by atoms with Crippen LogP contribution in [0.5, 0.6) is 5.75 Å². The number of benzene rings is 1. The Morgan fingerprint density at radius 3 is 2.52 bits per heavy atom. The number of ether oxygens (including phenoxy) is 2. The smallest absolute Gasteiger partial charge is 0.240 e. The van der Waals surface area contributed by atoms with Crippen LogP contribution in [0.4, 0.5) is 0 Å². The molecule has 0 spiro atoms. The van der Waals surface area contributed by atoms with E-state index in [4.69, 9.17) is 15.2 Å². The van der Waals surface area contributed by atoms with E-state index in [2.05, 4.69) is 4.72 Å². The van der Waals surface area contributed by atoms with Gasteiger partial charge in [0, 0.05) is 13.2 Å². The summed E-state index contributed by atoms with van der Waals surface area (Å²) in [6.45, 7) is 1.43. The molecule has 0 amide bonds. The zero-order valence-electron chi connectivity index (χ0n) is 13.5. The van der Waals surface area contributed by atoms with Crippen LogP contribution in [0, 0.1) is 5.92 Å². The Bertz CT molecular complexity index is 574. The summed E-state index contributed by atoms with van der Waals surface area (Å²) in [5.41, 5.74) is 5.77. The minimum absolute atomic E-state index is 0.0728. The summed E-state index contributed by atoms with van der Waals surface area (Å²) >= 11 is 0. The van der Waals surface area contributed by atoms with Crippen molar-refractivity contribution >= 4 is 10.0 Å². The zero-order chi connectivity index (χ0) is 16.7. The van der Waals surface area contributed by atoms with Gasteiger partial charge in [-0.05, 0) is 49.6 Å². The van der Waals surface area contributed by atoms with Gasteiger partial charge in [-0.3, -0.25) is 0 Å². The molecule has 0 saturated heterocycles. The molecule has 6 nitrogen and oxygen atoms in total. The molecular formula is C16H26N2O4S. The van der Waals surface area contributed by atoms with Gasteiger partial charge >= 0.3 is 0 Å². The van der Waals surface area contributed by atoms with E-state index in [-0.39, 0.29) is 16.9 Å². The summed E-state index contributed by atoms with van der Waals surface area (Å²) in [6, 6.07) is 6.36. The Balaban J connectivity index is 2.01. The maximum absolute atomic E-state index is 12.5. The van der Waals surface area contributed by atoms with Gasteiger partial charge in [0.05, 0.1) is 11.5 Å². The highest BCUT2D eigenvalue weighted by atomic mass is 32.2. The first-order valence-corrected chi connectivity index (χ1v) is 9.49. The second-order valence-electron chi connectivity index (χ2n) is 5.82. The largest absolute Gasteiger partial charge is 0.491 e. The highest BCUT2D eigenvalue weighted by molar-refractivity contribution is 7.89. The van der Waals surface area contributed by atoms with Crippen LogP contribution in [0.2, 0.25) is 0 Å². The van der Waals surface area contributed by atoms with E-state index in [0.29, 0.717) is 25.5 Å². The molecule has 7 heteroatoms. The fourth-order valence-corrected chi connectivity index (χ4v) is 4.21. The first-order chi connectivity index (χ1) is 11.1. The van der Waals surface area contributed by atoms with Gasteiger partial charge < -0.3 is 15.2 Å². The summed E-state index contributed by atoms with van der Waals surface area (Å²) in [4.78, 5) is 0.248. The molecule has 1 aromatic carbocycles. The highest BCUT2D eigenvalue weighted by Gasteiger charge is 2.28. The number of hydrogen-bond donors (Lipinski definition) is 2. The molecule has 3 N–H and O–H groups in total. The normalized spacial score (nSPS) is 22.0. The van der Waals surface area contributed by atoms with Gasteiger partial charge in [0.15, 0.2) is 0 Å². The van der Waals surface area contributed by atoms with Gasteiger partial charge in [-0.25, -0.2) is 13.1 Å². The predicted molar refractivity (Wildman–Crippen MR) is 88.9 cm³/mol. The molecule has 0 aliphatic heterocycles. The monoisotopic (exact) mass is 342 g/mol. The Morgan fingerprint density at radius 2 is 1.87 bits per heavy atom. The van der Waals surface area contributed by atoms with Crippen LogP contribution in [0.3, 0.4) is 0 Å². The van der Waals surface area contributed by atoms with E-state index in [9.17, 15) is 8.42 Å². The van der Waals surface area contributed by atoms with Gasteiger partial charge in [-0.1, -0.05) is 12.8 Å². The molecule has 2 atom stereocenters. The molecule has 1 aliphatic rings. The van der Waals surface area contributed by atoms with E-state index in [1.54, 1.807) is 31.4 Å². The van der Waals surface area contributed by atoms with E-state index in [0.717, 1.165) is 25.7 Å². The zero-order valence-corrected chi connectivity index (χ0v) is 14.3. The third kappa shape index (κ3) is 5.17. The van der Waals surface area contributed by atoms with Crippen molar-refractivity contribution < 1.29 is 17.9 Å². The van der Waals surface area contributed by atoms with Gasteiger partial charge in [0.25, 0.3) is 0 Å². The van der Waals surface area contributed by atoms with Crippen LogP contribution in [-0.4, -0.2) is 41.3 Å². The maximum atomic E-state index is 12.5. The topological polar surface area (TPSA) is 90.6 Å². The van der Waals surface area contributed by atoms with Gasteiger partial charge in [-0.2, -0.15) is 0 Å². The van der Waals surface area contributed by atoms with Gasteiger partial charge in [-0.15, -0.1) is 0 Å². The minimum atomic E-state index is -3.53. The SMILES string of the molecule is COCCOc1ccc(S(=O)(=O)NC2CCCCC2CN)cc1. The lowest BCUT2D eigenvalue weighted by Crippen LogP contribution is -2.44. The van der Waals surface area contributed by atoms with Crippen LogP contribution in [0.15, 0.2) is 29.2 Å². The summed E-state index contributed by atoms with van der Waals surface area (Å²) in [5, 5.41) is 0. The second kappa shape index (κ2) is 8.63. The third-order valence-electron chi connectivity index (χ3n) is 4.21. The van der Waals surface area contributed by atoms with Crippen molar-refractivity contribution in [2.45, 2.75) is 36.6 Å². The summed E-state index contributed by atoms with van der Waals surface area (Å²) in [7, 11) is -1.93. The van der Waals surface area contributed by atoms with E-state index < -0.39 is 10.0 Å². The molecule has 1 aliphatic carbocycles. The fourth-order valence-electron chi connectivity index (χ4n) is 2.87. The number of nitrogens with one attached hydrogen (secondary N) is 1. The standard InChI is InChI=1S/C16H26N2O4S/c1-21-10-11-22-14-6-8-15(9-7-14)23(19,20)18-16-5-3-2-4-13(16)12-17/h6-9,13,16,18H,2-5,10-12,17H2,1H3. The maximum Gasteiger partial charge on any atom is 0.240 e. The van der Waals surface area contributed by atoms with Crippen molar-refractivity contribution in [1.29, 1.82) is 0 Å². The first-order valence-electron chi connectivity index (χ1n) is 8.01. The molecule has 1 saturated carbocycles. The van der Waals surface area contributed by atoms with Crippen LogP contribution >= 0.6 is 0 Å². The van der Waals surface area contributed by atoms with Crippen molar-refractivity contribution in [3.05, 3.63) is 24.3 Å². The Labute approximate surface area is 138 Å². The third-order valence-corrected chi connectivity index (χ3v) is 5.71. The molecule has 0 aromatic heterocycles. The fraction of sp³-hybridized carbons (Fsp3) is 0.625. The van der Waals surface area contributed by atoms with Crippen LogP contribution in [-0.2, 0) is 14.8 Å². The Kier molecular flexibility index (Phi) is 6.83. The molecule has 130 valence electrons. The number of rotatable bonds is 8. The molecule has 0 heterocycles. The summed E-state index contributed by atoms with van der Waals surface area (Å²) in [6.07, 6.45) is 3.98. The van der Waals surface area contributed by atoms with Gasteiger partial charge in [0.1, 0.15) is 12.4 Å². The van der Waals surface area contributed by atoms with Crippen molar-refractivity contribution in [3.63, 3.8) is 0 Å². The van der Waals surface area contributed by atoms with Crippen LogP contribution < -0.4 is 15.2 Å². The molecule has 23 heavy (non-hydrogen) atoms. The van der Waals surface area contributed by atoms with Crippen molar-refractivity contribution in [3.8, 4) is 5.75 Å². The quantitative estimate of drug-likeness (QED) is 0.699. The average Bonchev–Trinajstić information content (AvgIpc) is 2.56. The molecule has 1 aromatic rings. The summed E-state index contributed by atoms with van der Waals surface area (Å²) < 4.78 is 38.2. The van der Waals surface area contributed by atoms with Crippen LogP contribution in [0.1, 0.15) is 25.7 Å². The van der Waals surface area contributed by atoms with Gasteiger partial charge in [0.2, 0.25) is 10.0 Å². The van der Waals surface area contributed by atoms with Crippen molar-refractivity contribution in [2.24, 2.45) is 11.7 Å². The number of hydrogen-bond acceptors (Lipinski definition) is 5. The Morgan fingerprint density at radius 1 is 1.17 bits per heavy atom. The number of methoxy groups -OCH3 is 1. The lowest BCUT2D eigenvalue weighted by atomic mass is 9.85. The van der Waals surface area contributed by atoms with E-state index in [1.165, 1.54) is 0 Å². The number of nitrogens with two attached hydrogens (primary N) is 1. The molecule has 0 bridgehead atoms. The molecule has 1 fully saturated rings. The van der Waals surface area contributed by atoms with E-state index in [1.807, 2.05) is 0 Å². The lowest BCUT2D eigenvalue weighted by Gasteiger charge is -2.31.